The number of guanidine groups is 1. The average molecular weight is 316 g/mol. The standard InChI is InChI=1S/C19H32N4/c1-3-20-19(21-13-12-17-9-6-5-7-10-17)22-15-18-11-8-14-23(4-2)16-18/h5-7,9-10,18H,3-4,8,11-16H2,1-2H3,(H2,20,21,22). The molecular formula is C19H32N4. The highest BCUT2D eigenvalue weighted by Crippen LogP contribution is 2.16. The number of likely N-dealkylation sites (tertiary alicyclic amines) is 1. The van der Waals surface area contributed by atoms with E-state index in [0.717, 1.165) is 38.6 Å². The summed E-state index contributed by atoms with van der Waals surface area (Å²) in [4.78, 5) is 7.35. The van der Waals surface area contributed by atoms with Gasteiger partial charge in [0.1, 0.15) is 0 Å². The quantitative estimate of drug-likeness (QED) is 0.600. The number of benzene rings is 1. The zero-order valence-electron chi connectivity index (χ0n) is 14.7. The molecule has 1 heterocycles. The zero-order valence-corrected chi connectivity index (χ0v) is 14.7. The molecule has 1 aromatic rings. The van der Waals surface area contributed by atoms with Crippen molar-refractivity contribution in [3.8, 4) is 0 Å². The third-order valence-corrected chi connectivity index (χ3v) is 4.45. The van der Waals surface area contributed by atoms with E-state index in [1.54, 1.807) is 0 Å². The lowest BCUT2D eigenvalue weighted by Crippen LogP contribution is -2.40. The van der Waals surface area contributed by atoms with Crippen LogP contribution in [-0.2, 0) is 6.42 Å². The summed E-state index contributed by atoms with van der Waals surface area (Å²) in [5.41, 5.74) is 1.36. The summed E-state index contributed by atoms with van der Waals surface area (Å²) in [6.07, 6.45) is 3.65. The molecule has 1 aliphatic heterocycles. The smallest absolute Gasteiger partial charge is 0.191 e. The van der Waals surface area contributed by atoms with E-state index >= 15 is 0 Å². The van der Waals surface area contributed by atoms with Crippen LogP contribution in [0, 0.1) is 5.92 Å². The summed E-state index contributed by atoms with van der Waals surface area (Å²) >= 11 is 0. The second-order valence-corrected chi connectivity index (χ2v) is 6.28. The van der Waals surface area contributed by atoms with Gasteiger partial charge in [0.25, 0.3) is 0 Å². The number of hydrogen-bond donors (Lipinski definition) is 2. The Morgan fingerprint density at radius 2 is 2.04 bits per heavy atom. The predicted octanol–water partition coefficient (Wildman–Crippen LogP) is 2.52. The van der Waals surface area contributed by atoms with Gasteiger partial charge in [-0.25, -0.2) is 0 Å². The second-order valence-electron chi connectivity index (χ2n) is 6.28. The Balaban J connectivity index is 1.77. The number of nitrogens with one attached hydrogen (secondary N) is 2. The third-order valence-electron chi connectivity index (χ3n) is 4.45. The molecule has 1 fully saturated rings. The van der Waals surface area contributed by atoms with E-state index in [0.29, 0.717) is 5.92 Å². The highest BCUT2D eigenvalue weighted by atomic mass is 15.2. The predicted molar refractivity (Wildman–Crippen MR) is 99.0 cm³/mol. The van der Waals surface area contributed by atoms with Crippen LogP contribution in [0.5, 0.6) is 0 Å². The van der Waals surface area contributed by atoms with Gasteiger partial charge in [-0.2, -0.15) is 0 Å². The Bertz CT molecular complexity index is 458. The maximum Gasteiger partial charge on any atom is 0.191 e. The summed E-state index contributed by atoms with van der Waals surface area (Å²) in [6, 6.07) is 10.6. The van der Waals surface area contributed by atoms with Crippen LogP contribution in [0.3, 0.4) is 0 Å². The van der Waals surface area contributed by atoms with Gasteiger partial charge in [-0.15, -0.1) is 0 Å². The molecule has 1 aliphatic rings. The maximum atomic E-state index is 4.80. The molecule has 0 bridgehead atoms. The lowest BCUT2D eigenvalue weighted by atomic mass is 9.98. The number of nitrogens with zero attached hydrogens (tertiary/aromatic N) is 2. The first-order chi connectivity index (χ1) is 11.3. The average Bonchev–Trinajstić information content (AvgIpc) is 2.61. The third kappa shape index (κ3) is 6.61. The Morgan fingerprint density at radius 1 is 1.22 bits per heavy atom. The molecular weight excluding hydrogens is 284 g/mol. The molecule has 2 N–H and O–H groups in total. The number of rotatable bonds is 7. The zero-order chi connectivity index (χ0) is 16.3. The van der Waals surface area contributed by atoms with Crippen LogP contribution in [0.25, 0.3) is 0 Å². The van der Waals surface area contributed by atoms with E-state index in [-0.39, 0.29) is 0 Å². The van der Waals surface area contributed by atoms with E-state index in [2.05, 4.69) is 59.7 Å². The molecule has 2 rings (SSSR count). The van der Waals surface area contributed by atoms with Crippen LogP contribution in [0.4, 0.5) is 0 Å². The Labute approximate surface area is 141 Å². The van der Waals surface area contributed by atoms with Crippen molar-refractivity contribution in [3.63, 3.8) is 0 Å². The van der Waals surface area contributed by atoms with E-state index in [1.807, 2.05) is 0 Å². The number of aliphatic imine (C=N–C) groups is 1. The van der Waals surface area contributed by atoms with E-state index in [1.165, 1.54) is 31.5 Å². The fourth-order valence-electron chi connectivity index (χ4n) is 3.12. The molecule has 0 radical (unpaired) electrons. The number of piperidine rings is 1. The van der Waals surface area contributed by atoms with Gasteiger partial charge in [0.2, 0.25) is 0 Å². The molecule has 4 heteroatoms. The van der Waals surface area contributed by atoms with Crippen LogP contribution >= 0.6 is 0 Å². The van der Waals surface area contributed by atoms with Crippen LogP contribution in [0.15, 0.2) is 35.3 Å². The minimum Gasteiger partial charge on any atom is -0.357 e. The van der Waals surface area contributed by atoms with Crippen LogP contribution in [0.1, 0.15) is 32.3 Å². The van der Waals surface area contributed by atoms with Gasteiger partial charge in [0.05, 0.1) is 0 Å². The summed E-state index contributed by atoms with van der Waals surface area (Å²) in [6.45, 7) is 10.7. The first-order valence-corrected chi connectivity index (χ1v) is 9.10. The summed E-state index contributed by atoms with van der Waals surface area (Å²) in [7, 11) is 0. The van der Waals surface area contributed by atoms with Gasteiger partial charge >= 0.3 is 0 Å². The highest BCUT2D eigenvalue weighted by Gasteiger charge is 2.18. The van der Waals surface area contributed by atoms with E-state index < -0.39 is 0 Å². The van der Waals surface area contributed by atoms with E-state index in [4.69, 9.17) is 4.99 Å². The SMILES string of the molecule is CCNC(=NCC1CCCN(CC)C1)NCCc1ccccc1. The van der Waals surface area contributed by atoms with Crippen LogP contribution in [-0.4, -0.2) is 50.1 Å². The molecule has 1 aromatic carbocycles. The van der Waals surface area contributed by atoms with Crippen molar-refractivity contribution < 1.29 is 0 Å². The van der Waals surface area contributed by atoms with Gasteiger partial charge in [0.15, 0.2) is 5.96 Å². The molecule has 4 nitrogen and oxygen atoms in total. The van der Waals surface area contributed by atoms with Gasteiger partial charge in [0, 0.05) is 26.2 Å². The van der Waals surface area contributed by atoms with Crippen molar-refractivity contribution in [1.29, 1.82) is 0 Å². The Kier molecular flexibility index (Phi) is 7.95. The molecule has 0 amide bonds. The van der Waals surface area contributed by atoms with Crippen molar-refractivity contribution in [3.05, 3.63) is 35.9 Å². The van der Waals surface area contributed by atoms with Crippen molar-refractivity contribution in [1.82, 2.24) is 15.5 Å². The maximum absolute atomic E-state index is 4.80. The van der Waals surface area contributed by atoms with Crippen LogP contribution in [0.2, 0.25) is 0 Å². The van der Waals surface area contributed by atoms with Gasteiger partial charge in [-0.05, 0) is 50.8 Å². The summed E-state index contributed by atoms with van der Waals surface area (Å²) in [5.74, 6) is 1.66. The molecule has 0 saturated carbocycles. The molecule has 1 atom stereocenters. The molecule has 128 valence electrons. The summed E-state index contributed by atoms with van der Waals surface area (Å²) in [5, 5.41) is 6.82. The number of hydrogen-bond acceptors (Lipinski definition) is 2. The molecule has 23 heavy (non-hydrogen) atoms. The topological polar surface area (TPSA) is 39.7 Å². The molecule has 0 aliphatic carbocycles. The van der Waals surface area contributed by atoms with Crippen molar-refractivity contribution in [2.45, 2.75) is 33.1 Å². The molecule has 0 aromatic heterocycles. The fourth-order valence-corrected chi connectivity index (χ4v) is 3.12. The molecule has 0 spiro atoms. The van der Waals surface area contributed by atoms with Crippen molar-refractivity contribution in [2.75, 3.05) is 39.3 Å². The minimum absolute atomic E-state index is 0.702. The Morgan fingerprint density at radius 3 is 2.78 bits per heavy atom. The first kappa shape index (κ1) is 17.8. The summed E-state index contributed by atoms with van der Waals surface area (Å²) < 4.78 is 0. The highest BCUT2D eigenvalue weighted by molar-refractivity contribution is 5.79. The van der Waals surface area contributed by atoms with Gasteiger partial charge in [-0.1, -0.05) is 37.3 Å². The monoisotopic (exact) mass is 316 g/mol. The fraction of sp³-hybridized carbons (Fsp3) is 0.632. The van der Waals surface area contributed by atoms with Crippen LogP contribution < -0.4 is 10.6 Å². The first-order valence-electron chi connectivity index (χ1n) is 9.10. The van der Waals surface area contributed by atoms with Crippen molar-refractivity contribution in [2.24, 2.45) is 10.9 Å². The lowest BCUT2D eigenvalue weighted by molar-refractivity contribution is 0.186. The molecule has 1 unspecified atom stereocenters. The second kappa shape index (κ2) is 10.3. The van der Waals surface area contributed by atoms with Gasteiger partial charge < -0.3 is 15.5 Å². The van der Waals surface area contributed by atoms with Crippen molar-refractivity contribution >= 4 is 5.96 Å². The normalized spacial score (nSPS) is 19.6. The molecule has 1 saturated heterocycles. The van der Waals surface area contributed by atoms with Gasteiger partial charge in [-0.3, -0.25) is 4.99 Å². The largest absolute Gasteiger partial charge is 0.357 e. The lowest BCUT2D eigenvalue weighted by Gasteiger charge is -2.31. The minimum atomic E-state index is 0.702. The van der Waals surface area contributed by atoms with E-state index in [9.17, 15) is 0 Å². The Hall–Kier alpha value is -1.55.